The Morgan fingerprint density at radius 3 is 2.25 bits per heavy atom. The summed E-state index contributed by atoms with van der Waals surface area (Å²) in [5.74, 6) is 0.710. The zero-order chi connectivity index (χ0) is 24.9. The van der Waals surface area contributed by atoms with Gasteiger partial charge in [-0.1, -0.05) is 96.7 Å². The van der Waals surface area contributed by atoms with Crippen molar-refractivity contribution in [2.75, 3.05) is 7.11 Å². The van der Waals surface area contributed by atoms with E-state index in [9.17, 15) is 4.79 Å². The van der Waals surface area contributed by atoms with Crippen LogP contribution in [0.2, 0.25) is 0 Å². The fraction of sp³-hybridized carbons (Fsp3) is 0.0968. The molecule has 0 saturated carbocycles. The number of ether oxygens (including phenoxy) is 1. The fourth-order valence-corrected chi connectivity index (χ4v) is 5.19. The number of thioether (sulfide) groups is 1. The van der Waals surface area contributed by atoms with Crippen LogP contribution in [0.3, 0.4) is 0 Å². The first-order chi connectivity index (χ1) is 17.6. The van der Waals surface area contributed by atoms with Crippen LogP contribution >= 0.6 is 11.8 Å². The smallest absolute Gasteiger partial charge is 0.186 e. The summed E-state index contributed by atoms with van der Waals surface area (Å²) in [4.78, 5) is 21.0. The normalized spacial score (nSPS) is 17.4. The lowest BCUT2D eigenvalue weighted by molar-refractivity contribution is -0.111. The molecule has 0 N–H and O–H groups in total. The first-order valence-electron chi connectivity index (χ1n) is 11.7. The maximum absolute atomic E-state index is 13.9. The molecular weight excluding hydrogens is 464 g/mol. The Kier molecular flexibility index (Phi) is 7.01. The van der Waals surface area contributed by atoms with E-state index in [1.807, 2.05) is 91.0 Å². The van der Waals surface area contributed by atoms with Crippen LogP contribution in [0.25, 0.3) is 12.2 Å². The highest BCUT2D eigenvalue weighted by atomic mass is 32.2. The number of ketones is 1. The first-order valence-corrected chi connectivity index (χ1v) is 12.6. The lowest BCUT2D eigenvalue weighted by Crippen LogP contribution is -2.35. The second-order valence-electron chi connectivity index (χ2n) is 8.47. The quantitative estimate of drug-likeness (QED) is 0.327. The van der Waals surface area contributed by atoms with Crippen molar-refractivity contribution in [3.63, 3.8) is 0 Å². The van der Waals surface area contributed by atoms with Crippen LogP contribution in [-0.4, -0.2) is 23.0 Å². The summed E-state index contributed by atoms with van der Waals surface area (Å²) in [5.41, 5.74) is 5.43. The van der Waals surface area contributed by atoms with Gasteiger partial charge in [-0.25, -0.2) is 4.99 Å². The zero-order valence-corrected chi connectivity index (χ0v) is 21.0. The van der Waals surface area contributed by atoms with E-state index in [2.05, 4.69) is 29.4 Å². The van der Waals surface area contributed by atoms with Crippen LogP contribution in [0.4, 0.5) is 0 Å². The molecule has 5 heteroatoms. The Labute approximate surface area is 216 Å². The number of amidine groups is 1. The van der Waals surface area contributed by atoms with Gasteiger partial charge in [-0.05, 0) is 53.3 Å². The minimum absolute atomic E-state index is 0.0696. The molecule has 2 aliphatic heterocycles. The number of benzene rings is 3. The van der Waals surface area contributed by atoms with Gasteiger partial charge in [0.2, 0.25) is 0 Å². The summed E-state index contributed by atoms with van der Waals surface area (Å²) < 4.78 is 5.25. The van der Waals surface area contributed by atoms with Crippen LogP contribution in [0.5, 0.6) is 5.75 Å². The Hall–Kier alpha value is -4.09. The second kappa shape index (κ2) is 10.7. The maximum Gasteiger partial charge on any atom is 0.186 e. The van der Waals surface area contributed by atoms with E-state index in [1.54, 1.807) is 24.9 Å². The van der Waals surface area contributed by atoms with Crippen molar-refractivity contribution in [2.24, 2.45) is 4.99 Å². The van der Waals surface area contributed by atoms with Gasteiger partial charge >= 0.3 is 0 Å². The first kappa shape index (κ1) is 23.6. The van der Waals surface area contributed by atoms with Gasteiger partial charge in [0.15, 0.2) is 11.0 Å². The van der Waals surface area contributed by atoms with Crippen LogP contribution in [0.1, 0.15) is 29.7 Å². The van der Waals surface area contributed by atoms with Gasteiger partial charge in [-0.15, -0.1) is 0 Å². The largest absolute Gasteiger partial charge is 0.497 e. The summed E-state index contributed by atoms with van der Waals surface area (Å²) in [5, 5.41) is 2.97. The number of fused-ring (bicyclic) bond motifs is 1. The number of carbonyl (C=O) groups excluding carboxylic acids is 1. The van der Waals surface area contributed by atoms with Crippen molar-refractivity contribution in [2.45, 2.75) is 13.0 Å². The minimum atomic E-state index is -0.270. The average Bonchev–Trinajstić information content (AvgIpc) is 3.31. The van der Waals surface area contributed by atoms with Crippen molar-refractivity contribution >= 4 is 34.9 Å². The molecule has 3 aromatic rings. The number of hydrogen-bond acceptors (Lipinski definition) is 5. The fourth-order valence-electron chi connectivity index (χ4n) is 4.28. The van der Waals surface area contributed by atoms with E-state index < -0.39 is 0 Å². The molecule has 2 heterocycles. The Morgan fingerprint density at radius 1 is 0.889 bits per heavy atom. The maximum atomic E-state index is 13.9. The van der Waals surface area contributed by atoms with E-state index >= 15 is 0 Å². The number of allylic oxidation sites excluding steroid dienone is 3. The topological polar surface area (TPSA) is 41.9 Å². The molecule has 0 aliphatic carbocycles. The zero-order valence-electron chi connectivity index (χ0n) is 20.2. The molecule has 36 heavy (non-hydrogen) atoms. The van der Waals surface area contributed by atoms with Gasteiger partial charge in [0.25, 0.3) is 0 Å². The minimum Gasteiger partial charge on any atom is -0.497 e. The van der Waals surface area contributed by atoms with Gasteiger partial charge in [0.1, 0.15) is 5.75 Å². The van der Waals surface area contributed by atoms with E-state index in [1.165, 1.54) is 0 Å². The van der Waals surface area contributed by atoms with Crippen LogP contribution in [-0.2, 0) is 4.79 Å². The van der Waals surface area contributed by atoms with Crippen molar-refractivity contribution in [3.05, 3.63) is 136 Å². The molecular formula is C31H26N2O2S. The average molecular weight is 491 g/mol. The van der Waals surface area contributed by atoms with E-state index in [0.717, 1.165) is 33.3 Å². The number of rotatable bonds is 7. The van der Waals surface area contributed by atoms with Crippen LogP contribution in [0, 0.1) is 0 Å². The molecule has 0 fully saturated rings. The molecule has 1 unspecified atom stereocenters. The SMILES string of the molecule is COc1ccc(/C=C/C(=O)C2=C(/C=C/c3ccccc3)N=C3SC=C(C)N3C2c2ccccc2)cc1. The third kappa shape index (κ3) is 4.97. The molecule has 0 amide bonds. The van der Waals surface area contributed by atoms with Crippen molar-refractivity contribution in [1.29, 1.82) is 0 Å². The highest BCUT2D eigenvalue weighted by molar-refractivity contribution is 8.16. The predicted octanol–water partition coefficient (Wildman–Crippen LogP) is 7.27. The molecule has 0 aromatic heterocycles. The van der Waals surface area contributed by atoms with Gasteiger partial charge in [0, 0.05) is 5.70 Å². The summed E-state index contributed by atoms with van der Waals surface area (Å²) >= 11 is 1.59. The molecule has 5 rings (SSSR count). The van der Waals surface area contributed by atoms with Gasteiger partial charge in [-0.3, -0.25) is 4.79 Å². The number of hydrogen-bond donors (Lipinski definition) is 0. The van der Waals surface area contributed by atoms with Crippen molar-refractivity contribution < 1.29 is 9.53 Å². The highest BCUT2D eigenvalue weighted by Gasteiger charge is 2.38. The lowest BCUT2D eigenvalue weighted by atomic mass is 9.90. The number of nitrogens with zero attached hydrogens (tertiary/aromatic N) is 2. The van der Waals surface area contributed by atoms with Crippen molar-refractivity contribution in [3.8, 4) is 5.75 Å². The molecule has 1 atom stereocenters. The van der Waals surface area contributed by atoms with E-state index in [0.29, 0.717) is 11.3 Å². The molecule has 0 spiro atoms. The van der Waals surface area contributed by atoms with Gasteiger partial charge < -0.3 is 9.64 Å². The lowest BCUT2D eigenvalue weighted by Gasteiger charge is -2.35. The standard InChI is InChI=1S/C31H26N2O2S/c1-22-21-36-31-32-27(19-15-23-9-5-3-6-10-23)29(30(33(22)31)25-11-7-4-8-12-25)28(34)20-16-24-13-17-26(35-2)18-14-24/h3-21,30H,1-2H3/b19-15+,20-16+. The summed E-state index contributed by atoms with van der Waals surface area (Å²) in [6.45, 7) is 2.06. The van der Waals surface area contributed by atoms with Crippen LogP contribution < -0.4 is 4.74 Å². The summed E-state index contributed by atoms with van der Waals surface area (Å²) in [6, 6.07) is 27.6. The number of carbonyl (C=O) groups is 1. The molecule has 0 radical (unpaired) electrons. The number of aliphatic imine (C=N–C) groups is 1. The molecule has 3 aromatic carbocycles. The monoisotopic (exact) mass is 490 g/mol. The molecule has 0 bridgehead atoms. The van der Waals surface area contributed by atoms with E-state index in [4.69, 9.17) is 9.73 Å². The second-order valence-corrected chi connectivity index (χ2v) is 9.30. The summed E-state index contributed by atoms with van der Waals surface area (Å²) in [7, 11) is 1.64. The third-order valence-electron chi connectivity index (χ3n) is 6.10. The molecule has 0 saturated heterocycles. The van der Waals surface area contributed by atoms with Gasteiger partial charge in [-0.2, -0.15) is 0 Å². The van der Waals surface area contributed by atoms with Gasteiger partial charge in [0.05, 0.1) is 24.4 Å². The predicted molar refractivity (Wildman–Crippen MR) is 149 cm³/mol. The molecule has 178 valence electrons. The Morgan fingerprint density at radius 2 is 1.56 bits per heavy atom. The molecule has 4 nitrogen and oxygen atoms in total. The van der Waals surface area contributed by atoms with Crippen LogP contribution in [0.15, 0.2) is 124 Å². The van der Waals surface area contributed by atoms with Crippen molar-refractivity contribution in [1.82, 2.24) is 4.90 Å². The van der Waals surface area contributed by atoms with E-state index in [-0.39, 0.29) is 11.8 Å². The Bertz CT molecular complexity index is 1400. The Balaban J connectivity index is 1.60. The highest BCUT2D eigenvalue weighted by Crippen LogP contribution is 2.44. The third-order valence-corrected chi connectivity index (χ3v) is 7.06. The summed E-state index contributed by atoms with van der Waals surface area (Å²) in [6.07, 6.45) is 7.46. The molecule has 2 aliphatic rings. The number of methoxy groups -OCH3 is 1.